The Labute approximate surface area is 126 Å². The van der Waals surface area contributed by atoms with E-state index >= 15 is 0 Å². The monoisotopic (exact) mass is 322 g/mol. The van der Waals surface area contributed by atoms with Gasteiger partial charge in [-0.3, -0.25) is 0 Å². The van der Waals surface area contributed by atoms with E-state index in [2.05, 4.69) is 0 Å². The third-order valence-corrected chi connectivity index (χ3v) is 6.11. The summed E-state index contributed by atoms with van der Waals surface area (Å²) in [4.78, 5) is 0. The van der Waals surface area contributed by atoms with Crippen LogP contribution in [0.2, 0.25) is 5.02 Å². The number of alkyl halides is 1. The third-order valence-electron chi connectivity index (χ3n) is 3.18. The van der Waals surface area contributed by atoms with Crippen molar-refractivity contribution in [1.29, 1.82) is 0 Å². The van der Waals surface area contributed by atoms with Gasteiger partial charge in [-0.25, -0.2) is 8.42 Å². The molecule has 0 amide bonds. The number of sulfone groups is 1. The molecule has 0 heterocycles. The Morgan fingerprint density at radius 2 is 1.74 bits per heavy atom. The van der Waals surface area contributed by atoms with Gasteiger partial charge in [-0.15, -0.1) is 11.6 Å². The summed E-state index contributed by atoms with van der Waals surface area (Å²) >= 11 is 11.8. The Morgan fingerprint density at radius 1 is 1.16 bits per heavy atom. The number of hydrogen-bond acceptors (Lipinski definition) is 2. The lowest BCUT2D eigenvalue weighted by molar-refractivity contribution is 0.544. The van der Waals surface area contributed by atoms with E-state index in [1.165, 1.54) is 0 Å². The molecule has 0 fully saturated rings. The fourth-order valence-corrected chi connectivity index (χ4v) is 3.28. The minimum atomic E-state index is -2.98. The van der Waals surface area contributed by atoms with Crippen molar-refractivity contribution in [2.24, 2.45) is 5.92 Å². The van der Waals surface area contributed by atoms with Gasteiger partial charge in [0.05, 0.1) is 11.0 Å². The molecule has 1 rings (SSSR count). The third kappa shape index (κ3) is 5.72. The molecule has 1 aromatic carbocycles. The molecule has 0 aliphatic carbocycles. The Morgan fingerprint density at radius 3 is 2.21 bits per heavy atom. The van der Waals surface area contributed by atoms with Crippen molar-refractivity contribution in [2.75, 3.05) is 11.6 Å². The highest BCUT2D eigenvalue weighted by Gasteiger charge is 2.19. The summed E-state index contributed by atoms with van der Waals surface area (Å²) in [5, 5.41) is 0.382. The molecule has 0 N–H and O–H groups in total. The Balaban J connectivity index is 2.57. The normalized spacial score (nSPS) is 13.7. The van der Waals surface area contributed by atoms with E-state index in [1.807, 2.05) is 24.3 Å². The Kier molecular flexibility index (Phi) is 6.64. The molecule has 0 aromatic heterocycles. The summed E-state index contributed by atoms with van der Waals surface area (Å²) in [5.74, 6) is 0.850. The maximum atomic E-state index is 11.8. The molecule has 1 aromatic rings. The quantitative estimate of drug-likeness (QED) is 0.712. The molecule has 0 saturated heterocycles. The first-order valence-corrected chi connectivity index (χ1v) is 9.00. The molecule has 0 bridgehead atoms. The first-order valence-electron chi connectivity index (χ1n) is 6.37. The predicted molar refractivity (Wildman–Crippen MR) is 82.9 cm³/mol. The van der Waals surface area contributed by atoms with Gasteiger partial charge in [0.1, 0.15) is 0 Å². The highest BCUT2D eigenvalue weighted by molar-refractivity contribution is 7.91. The van der Waals surface area contributed by atoms with Gasteiger partial charge in [-0.1, -0.05) is 23.7 Å². The number of benzene rings is 1. The van der Waals surface area contributed by atoms with E-state index in [0.29, 0.717) is 17.3 Å². The van der Waals surface area contributed by atoms with Gasteiger partial charge in [-0.05, 0) is 50.3 Å². The topological polar surface area (TPSA) is 34.1 Å². The SMILES string of the molecule is CC(C)S(=O)(=O)CCC(CCl)Cc1ccc(Cl)cc1. The van der Waals surface area contributed by atoms with Gasteiger partial charge in [0, 0.05) is 10.9 Å². The predicted octanol–water partition coefficient (Wildman–Crippen LogP) is 3.95. The lowest BCUT2D eigenvalue weighted by Gasteiger charge is -2.15. The summed E-state index contributed by atoms with van der Waals surface area (Å²) in [7, 11) is -2.98. The molecular formula is C14H20Cl2O2S. The van der Waals surface area contributed by atoms with Crippen LogP contribution in [0.1, 0.15) is 25.8 Å². The summed E-state index contributed by atoms with van der Waals surface area (Å²) in [6.07, 6.45) is 1.39. The van der Waals surface area contributed by atoms with Crippen molar-refractivity contribution in [3.63, 3.8) is 0 Å². The van der Waals surface area contributed by atoms with Crippen LogP contribution in [-0.4, -0.2) is 25.3 Å². The maximum absolute atomic E-state index is 11.8. The second-order valence-corrected chi connectivity index (χ2v) is 8.48. The first-order chi connectivity index (χ1) is 8.85. The average Bonchev–Trinajstić information content (AvgIpc) is 2.36. The fraction of sp³-hybridized carbons (Fsp3) is 0.571. The van der Waals surface area contributed by atoms with Crippen molar-refractivity contribution in [3.8, 4) is 0 Å². The second-order valence-electron chi connectivity index (χ2n) is 5.06. The summed E-state index contributed by atoms with van der Waals surface area (Å²) in [6.45, 7) is 3.43. The molecule has 0 radical (unpaired) electrons. The van der Waals surface area contributed by atoms with Crippen LogP contribution in [0, 0.1) is 5.92 Å². The molecule has 1 unspecified atom stereocenters. The van der Waals surface area contributed by atoms with Crippen LogP contribution in [0.3, 0.4) is 0 Å². The van der Waals surface area contributed by atoms with Gasteiger partial charge < -0.3 is 0 Å². The van der Waals surface area contributed by atoms with Crippen LogP contribution in [0.4, 0.5) is 0 Å². The lowest BCUT2D eigenvalue weighted by Crippen LogP contribution is -2.21. The van der Waals surface area contributed by atoms with Gasteiger partial charge in [0.15, 0.2) is 9.84 Å². The minimum Gasteiger partial charge on any atom is -0.229 e. The zero-order valence-corrected chi connectivity index (χ0v) is 13.6. The smallest absolute Gasteiger partial charge is 0.152 e. The molecule has 0 aliphatic rings. The summed E-state index contributed by atoms with van der Waals surface area (Å²) in [5.41, 5.74) is 1.14. The van der Waals surface area contributed by atoms with Gasteiger partial charge >= 0.3 is 0 Å². The first kappa shape index (κ1) is 16.8. The molecule has 1 atom stereocenters. The van der Waals surface area contributed by atoms with Crippen molar-refractivity contribution in [2.45, 2.75) is 31.9 Å². The van der Waals surface area contributed by atoms with E-state index in [9.17, 15) is 8.42 Å². The second kappa shape index (κ2) is 7.51. The molecule has 5 heteroatoms. The van der Waals surface area contributed by atoms with Crippen LogP contribution >= 0.6 is 23.2 Å². The fourth-order valence-electron chi connectivity index (χ4n) is 1.75. The van der Waals surface area contributed by atoms with Gasteiger partial charge in [-0.2, -0.15) is 0 Å². The molecule has 0 aliphatic heterocycles. The Hall–Kier alpha value is -0.250. The van der Waals surface area contributed by atoms with E-state index in [0.717, 1.165) is 12.0 Å². The van der Waals surface area contributed by atoms with Crippen LogP contribution in [0.5, 0.6) is 0 Å². The minimum absolute atomic E-state index is 0.177. The highest BCUT2D eigenvalue weighted by Crippen LogP contribution is 2.18. The molecule has 0 spiro atoms. The number of hydrogen-bond donors (Lipinski definition) is 0. The molecular weight excluding hydrogens is 303 g/mol. The zero-order chi connectivity index (χ0) is 14.5. The van der Waals surface area contributed by atoms with Crippen molar-refractivity contribution in [3.05, 3.63) is 34.9 Å². The average molecular weight is 323 g/mol. The van der Waals surface area contributed by atoms with Gasteiger partial charge in [0.2, 0.25) is 0 Å². The molecule has 108 valence electrons. The molecule has 2 nitrogen and oxygen atoms in total. The van der Waals surface area contributed by atoms with Crippen LogP contribution in [-0.2, 0) is 16.3 Å². The van der Waals surface area contributed by atoms with E-state index in [1.54, 1.807) is 13.8 Å². The zero-order valence-electron chi connectivity index (χ0n) is 11.3. The number of halogens is 2. The molecule has 0 saturated carbocycles. The maximum Gasteiger partial charge on any atom is 0.152 e. The largest absolute Gasteiger partial charge is 0.229 e. The van der Waals surface area contributed by atoms with Crippen LogP contribution in [0.15, 0.2) is 24.3 Å². The van der Waals surface area contributed by atoms with Crippen LogP contribution < -0.4 is 0 Å². The van der Waals surface area contributed by atoms with Crippen molar-refractivity contribution in [1.82, 2.24) is 0 Å². The number of rotatable bonds is 7. The van der Waals surface area contributed by atoms with Gasteiger partial charge in [0.25, 0.3) is 0 Å². The van der Waals surface area contributed by atoms with Crippen molar-refractivity contribution < 1.29 is 8.42 Å². The summed E-state index contributed by atoms with van der Waals surface area (Å²) in [6, 6.07) is 7.59. The lowest BCUT2D eigenvalue weighted by atomic mass is 9.99. The van der Waals surface area contributed by atoms with E-state index in [-0.39, 0.29) is 16.9 Å². The van der Waals surface area contributed by atoms with Crippen LogP contribution in [0.25, 0.3) is 0 Å². The molecule has 19 heavy (non-hydrogen) atoms. The highest BCUT2D eigenvalue weighted by atomic mass is 35.5. The van der Waals surface area contributed by atoms with Crippen molar-refractivity contribution >= 4 is 33.0 Å². The van der Waals surface area contributed by atoms with E-state index in [4.69, 9.17) is 23.2 Å². The standard InChI is InChI=1S/C14H20Cl2O2S/c1-11(2)19(17,18)8-7-13(10-15)9-12-3-5-14(16)6-4-12/h3-6,11,13H,7-10H2,1-2H3. The summed E-state index contributed by atoms with van der Waals surface area (Å²) < 4.78 is 23.6. The Bertz CT molecular complexity index is 481. The van der Waals surface area contributed by atoms with E-state index < -0.39 is 9.84 Å².